The number of para-hydroxylation sites is 2. The van der Waals surface area contributed by atoms with Gasteiger partial charge in [-0.3, -0.25) is 4.57 Å². The molecule has 236 valence electrons. The van der Waals surface area contributed by atoms with Crippen LogP contribution in [0.4, 0.5) is 17.1 Å². The molecule has 3 nitrogen and oxygen atoms in total. The van der Waals surface area contributed by atoms with Crippen molar-refractivity contribution in [3.8, 4) is 39.1 Å². The zero-order chi connectivity index (χ0) is 33.2. The molecule has 9 aromatic rings. The molecular formula is C47H33N3. The Kier molecular flexibility index (Phi) is 6.47. The van der Waals surface area contributed by atoms with Crippen LogP contribution in [0.5, 0.6) is 0 Å². The SMILES string of the molecule is CCc1nc2cccc3c2n1-c1cc(-c2ccc4c(-c5ccccc5)c5ccccc5c(-c5ccccc5)c4c2)ccc1N3c1ccccc1. The summed E-state index contributed by atoms with van der Waals surface area (Å²) in [5, 5.41) is 5.03. The Morgan fingerprint density at radius 3 is 1.70 bits per heavy atom. The fourth-order valence-corrected chi connectivity index (χ4v) is 8.08. The average Bonchev–Trinajstić information content (AvgIpc) is 3.58. The van der Waals surface area contributed by atoms with Crippen LogP contribution in [0.15, 0.2) is 170 Å². The van der Waals surface area contributed by atoms with Crippen molar-refractivity contribution in [1.29, 1.82) is 0 Å². The van der Waals surface area contributed by atoms with Gasteiger partial charge in [0.1, 0.15) is 5.82 Å². The first kappa shape index (κ1) is 28.6. The van der Waals surface area contributed by atoms with Crippen molar-refractivity contribution in [2.75, 3.05) is 4.90 Å². The molecule has 0 bridgehead atoms. The van der Waals surface area contributed by atoms with Crippen molar-refractivity contribution in [2.45, 2.75) is 13.3 Å². The van der Waals surface area contributed by atoms with Gasteiger partial charge in [0.2, 0.25) is 0 Å². The highest BCUT2D eigenvalue weighted by Crippen LogP contribution is 2.49. The Hall–Kier alpha value is -6.45. The standard InChI is InChI=1S/C47H33N3/c1-2-44-48-40-23-14-24-42-47(40)50(44)43-30-34(26-28-41(43)49(42)35-19-10-5-11-20-35)33-25-27-38-39(29-33)46(32-17-8-4-9-18-32)37-22-13-12-21-36(37)45(38)31-15-6-3-7-16-31/h3-30H,2H2,1H3. The summed E-state index contributed by atoms with van der Waals surface area (Å²) in [6.07, 6.45) is 0.842. The summed E-state index contributed by atoms with van der Waals surface area (Å²) in [6.45, 7) is 2.20. The van der Waals surface area contributed by atoms with E-state index >= 15 is 0 Å². The summed E-state index contributed by atoms with van der Waals surface area (Å²) in [6, 6.07) is 61.7. The molecule has 0 fully saturated rings. The summed E-state index contributed by atoms with van der Waals surface area (Å²) < 4.78 is 2.39. The molecule has 1 aliphatic rings. The Morgan fingerprint density at radius 1 is 0.440 bits per heavy atom. The van der Waals surface area contributed by atoms with Gasteiger partial charge in [0.05, 0.1) is 28.1 Å². The lowest BCUT2D eigenvalue weighted by atomic mass is 9.85. The summed E-state index contributed by atoms with van der Waals surface area (Å²) in [4.78, 5) is 7.51. The largest absolute Gasteiger partial charge is 0.306 e. The highest BCUT2D eigenvalue weighted by Gasteiger charge is 2.29. The zero-order valence-electron chi connectivity index (χ0n) is 27.7. The molecule has 0 aliphatic carbocycles. The molecule has 0 unspecified atom stereocenters. The maximum absolute atomic E-state index is 5.12. The van der Waals surface area contributed by atoms with Crippen LogP contribution in [0.2, 0.25) is 0 Å². The Morgan fingerprint density at radius 2 is 1.02 bits per heavy atom. The lowest BCUT2D eigenvalue weighted by Crippen LogP contribution is -2.19. The van der Waals surface area contributed by atoms with Gasteiger partial charge in [-0.25, -0.2) is 4.98 Å². The molecule has 1 aromatic heterocycles. The van der Waals surface area contributed by atoms with E-state index in [2.05, 4.69) is 186 Å². The van der Waals surface area contributed by atoms with Crippen LogP contribution in [0.1, 0.15) is 12.7 Å². The van der Waals surface area contributed by atoms with Gasteiger partial charge in [-0.15, -0.1) is 0 Å². The Balaban J connectivity index is 1.25. The molecule has 0 atom stereocenters. The van der Waals surface area contributed by atoms with Crippen LogP contribution in [0, 0.1) is 0 Å². The third kappa shape index (κ3) is 4.27. The van der Waals surface area contributed by atoms with Gasteiger partial charge in [0.25, 0.3) is 0 Å². The van der Waals surface area contributed by atoms with Crippen molar-refractivity contribution in [3.63, 3.8) is 0 Å². The fourth-order valence-electron chi connectivity index (χ4n) is 8.08. The number of aromatic nitrogens is 2. The number of nitrogens with zero attached hydrogens (tertiary/aromatic N) is 3. The molecule has 8 aromatic carbocycles. The summed E-state index contributed by atoms with van der Waals surface area (Å²) in [5.41, 5.74) is 14.1. The van der Waals surface area contributed by atoms with E-state index in [1.165, 1.54) is 54.9 Å². The third-order valence-corrected chi connectivity index (χ3v) is 10.2. The maximum atomic E-state index is 5.12. The van der Waals surface area contributed by atoms with Crippen LogP contribution >= 0.6 is 0 Å². The minimum Gasteiger partial charge on any atom is -0.306 e. The number of hydrogen-bond donors (Lipinski definition) is 0. The molecule has 0 saturated carbocycles. The molecule has 0 amide bonds. The second kappa shape index (κ2) is 11.3. The fraction of sp³-hybridized carbons (Fsp3) is 0.0426. The monoisotopic (exact) mass is 639 g/mol. The minimum atomic E-state index is 0.842. The maximum Gasteiger partial charge on any atom is 0.114 e. The normalized spacial score (nSPS) is 12.1. The highest BCUT2D eigenvalue weighted by atomic mass is 15.2. The predicted octanol–water partition coefficient (Wildman–Crippen LogP) is 12.7. The molecule has 1 aliphatic heterocycles. The first-order valence-electron chi connectivity index (χ1n) is 17.4. The molecule has 50 heavy (non-hydrogen) atoms. The zero-order valence-corrected chi connectivity index (χ0v) is 27.7. The molecule has 3 heteroatoms. The van der Waals surface area contributed by atoms with Gasteiger partial charge >= 0.3 is 0 Å². The lowest BCUT2D eigenvalue weighted by molar-refractivity contribution is 0.900. The van der Waals surface area contributed by atoms with Crippen LogP contribution in [-0.2, 0) is 6.42 Å². The van der Waals surface area contributed by atoms with E-state index in [1.807, 2.05) is 0 Å². The number of imidazole rings is 1. The number of rotatable bonds is 5. The van der Waals surface area contributed by atoms with E-state index in [4.69, 9.17) is 4.98 Å². The van der Waals surface area contributed by atoms with Crippen molar-refractivity contribution in [2.24, 2.45) is 0 Å². The van der Waals surface area contributed by atoms with E-state index in [0.717, 1.165) is 46.0 Å². The van der Waals surface area contributed by atoms with Crippen LogP contribution in [-0.4, -0.2) is 9.55 Å². The summed E-state index contributed by atoms with van der Waals surface area (Å²) in [5.74, 6) is 1.07. The predicted molar refractivity (Wildman–Crippen MR) is 210 cm³/mol. The highest BCUT2D eigenvalue weighted by molar-refractivity contribution is 6.22. The quantitative estimate of drug-likeness (QED) is 0.175. The van der Waals surface area contributed by atoms with Crippen molar-refractivity contribution in [1.82, 2.24) is 9.55 Å². The van der Waals surface area contributed by atoms with Crippen molar-refractivity contribution >= 4 is 49.6 Å². The lowest BCUT2D eigenvalue weighted by Gasteiger charge is -2.33. The van der Waals surface area contributed by atoms with Gasteiger partial charge in [0.15, 0.2) is 0 Å². The molecule has 0 radical (unpaired) electrons. The van der Waals surface area contributed by atoms with E-state index in [1.54, 1.807) is 0 Å². The van der Waals surface area contributed by atoms with Gasteiger partial charge in [-0.1, -0.05) is 134 Å². The molecule has 0 spiro atoms. The van der Waals surface area contributed by atoms with Crippen LogP contribution in [0.25, 0.3) is 71.6 Å². The van der Waals surface area contributed by atoms with Gasteiger partial charge in [-0.2, -0.15) is 0 Å². The molecule has 0 saturated heterocycles. The molecule has 0 N–H and O–H groups in total. The Bertz CT molecular complexity index is 2730. The topological polar surface area (TPSA) is 21.1 Å². The molecule has 10 rings (SSSR count). The van der Waals surface area contributed by atoms with Crippen LogP contribution < -0.4 is 4.90 Å². The van der Waals surface area contributed by atoms with Gasteiger partial charge in [0, 0.05) is 12.1 Å². The molecular weight excluding hydrogens is 607 g/mol. The number of hydrogen-bond acceptors (Lipinski definition) is 2. The summed E-state index contributed by atoms with van der Waals surface area (Å²) in [7, 11) is 0. The number of fused-ring (bicyclic) bond motifs is 4. The van der Waals surface area contributed by atoms with E-state index in [-0.39, 0.29) is 0 Å². The second-order valence-electron chi connectivity index (χ2n) is 13.0. The minimum absolute atomic E-state index is 0.842. The van der Waals surface area contributed by atoms with Crippen molar-refractivity contribution in [3.05, 3.63) is 176 Å². The average molecular weight is 640 g/mol. The van der Waals surface area contributed by atoms with Gasteiger partial charge < -0.3 is 4.90 Å². The Labute approximate surface area is 291 Å². The molecule has 2 heterocycles. The first-order valence-corrected chi connectivity index (χ1v) is 17.4. The number of benzene rings is 8. The number of aryl methyl sites for hydroxylation is 1. The number of anilines is 3. The smallest absolute Gasteiger partial charge is 0.114 e. The summed E-state index contributed by atoms with van der Waals surface area (Å²) >= 11 is 0. The van der Waals surface area contributed by atoms with Gasteiger partial charge in [-0.05, 0) is 97.4 Å². The van der Waals surface area contributed by atoms with Crippen molar-refractivity contribution < 1.29 is 0 Å². The van der Waals surface area contributed by atoms with E-state index in [0.29, 0.717) is 0 Å². The van der Waals surface area contributed by atoms with E-state index < -0.39 is 0 Å². The van der Waals surface area contributed by atoms with Crippen LogP contribution in [0.3, 0.4) is 0 Å². The second-order valence-corrected chi connectivity index (χ2v) is 13.0. The van der Waals surface area contributed by atoms with E-state index in [9.17, 15) is 0 Å². The third-order valence-electron chi connectivity index (χ3n) is 10.2. The first-order chi connectivity index (χ1) is 24.8.